The van der Waals surface area contributed by atoms with Crippen molar-refractivity contribution in [3.8, 4) is 0 Å². The molecule has 0 radical (unpaired) electrons. The lowest BCUT2D eigenvalue weighted by Gasteiger charge is -2.37. The third-order valence-corrected chi connectivity index (χ3v) is 4.80. The molecule has 1 aromatic carbocycles. The molecule has 0 aromatic heterocycles. The van der Waals surface area contributed by atoms with Gasteiger partial charge in [0, 0.05) is 12.1 Å². The van der Waals surface area contributed by atoms with Gasteiger partial charge in [0.2, 0.25) is 0 Å². The third-order valence-electron chi connectivity index (χ3n) is 4.80. The number of nitrogens with one attached hydrogen (secondary N) is 1. The SMILES string of the molecule is CCCC1CC1NC1CC(c2ccccc2C)C1. The summed E-state index contributed by atoms with van der Waals surface area (Å²) in [7, 11) is 0. The summed E-state index contributed by atoms with van der Waals surface area (Å²) in [6, 6.07) is 10.5. The zero-order valence-electron chi connectivity index (χ0n) is 11.7. The zero-order valence-corrected chi connectivity index (χ0v) is 11.7. The lowest BCUT2D eigenvalue weighted by molar-refractivity contribution is 0.283. The van der Waals surface area contributed by atoms with Crippen LogP contribution in [0, 0.1) is 12.8 Å². The zero-order chi connectivity index (χ0) is 12.5. The Morgan fingerprint density at radius 1 is 1.17 bits per heavy atom. The Balaban J connectivity index is 1.45. The van der Waals surface area contributed by atoms with Crippen LogP contribution in [0.3, 0.4) is 0 Å². The molecule has 2 atom stereocenters. The molecule has 0 aliphatic heterocycles. The smallest absolute Gasteiger partial charge is 0.0102 e. The Morgan fingerprint density at radius 2 is 1.94 bits per heavy atom. The van der Waals surface area contributed by atoms with E-state index in [1.165, 1.54) is 37.7 Å². The van der Waals surface area contributed by atoms with E-state index in [1.54, 1.807) is 5.56 Å². The van der Waals surface area contributed by atoms with Crippen LogP contribution in [0.25, 0.3) is 0 Å². The van der Waals surface area contributed by atoms with Gasteiger partial charge in [0.25, 0.3) is 0 Å². The number of aryl methyl sites for hydroxylation is 1. The van der Waals surface area contributed by atoms with Crippen molar-refractivity contribution in [1.29, 1.82) is 0 Å². The number of rotatable bonds is 5. The van der Waals surface area contributed by atoms with Crippen LogP contribution in [0.4, 0.5) is 0 Å². The van der Waals surface area contributed by atoms with E-state index in [0.717, 1.165) is 23.9 Å². The predicted molar refractivity (Wildman–Crippen MR) is 76.9 cm³/mol. The molecule has 2 aliphatic carbocycles. The molecule has 1 aromatic rings. The highest BCUT2D eigenvalue weighted by Gasteiger charge is 2.40. The van der Waals surface area contributed by atoms with E-state index in [2.05, 4.69) is 43.4 Å². The predicted octanol–water partition coefficient (Wildman–Crippen LogP) is 4.02. The first-order chi connectivity index (χ1) is 8.78. The molecule has 2 aliphatic rings. The third kappa shape index (κ3) is 2.47. The van der Waals surface area contributed by atoms with E-state index in [1.807, 2.05) is 0 Å². The molecule has 0 saturated heterocycles. The van der Waals surface area contributed by atoms with Crippen molar-refractivity contribution in [3.05, 3.63) is 35.4 Å². The number of benzene rings is 1. The maximum atomic E-state index is 3.84. The highest BCUT2D eigenvalue weighted by Crippen LogP contribution is 2.42. The Kier molecular flexibility index (Phi) is 3.43. The summed E-state index contributed by atoms with van der Waals surface area (Å²) in [5.41, 5.74) is 3.05. The minimum Gasteiger partial charge on any atom is -0.311 e. The van der Waals surface area contributed by atoms with E-state index < -0.39 is 0 Å². The van der Waals surface area contributed by atoms with Crippen molar-refractivity contribution in [2.45, 2.75) is 64.0 Å². The second-order valence-corrected chi connectivity index (χ2v) is 6.28. The van der Waals surface area contributed by atoms with Gasteiger partial charge < -0.3 is 5.32 Å². The Hall–Kier alpha value is -0.820. The lowest BCUT2D eigenvalue weighted by Crippen LogP contribution is -2.41. The van der Waals surface area contributed by atoms with E-state index in [-0.39, 0.29) is 0 Å². The van der Waals surface area contributed by atoms with Crippen LogP contribution in [0.5, 0.6) is 0 Å². The molecule has 1 heteroatoms. The molecule has 0 amide bonds. The molecule has 3 rings (SSSR count). The summed E-state index contributed by atoms with van der Waals surface area (Å²) in [5, 5.41) is 3.84. The molecular formula is C17H25N. The minimum absolute atomic E-state index is 0.793. The fraction of sp³-hybridized carbons (Fsp3) is 0.647. The molecule has 2 unspecified atom stereocenters. The minimum atomic E-state index is 0.793. The number of hydrogen-bond acceptors (Lipinski definition) is 1. The maximum absolute atomic E-state index is 3.84. The van der Waals surface area contributed by atoms with Crippen LogP contribution in [-0.4, -0.2) is 12.1 Å². The Labute approximate surface area is 111 Å². The van der Waals surface area contributed by atoms with E-state index in [0.29, 0.717) is 0 Å². The van der Waals surface area contributed by atoms with Crippen molar-refractivity contribution in [1.82, 2.24) is 5.32 Å². The Morgan fingerprint density at radius 3 is 2.67 bits per heavy atom. The molecule has 0 heterocycles. The van der Waals surface area contributed by atoms with Crippen LogP contribution in [0.1, 0.15) is 56.1 Å². The highest BCUT2D eigenvalue weighted by atomic mass is 15.0. The van der Waals surface area contributed by atoms with Gasteiger partial charge in [0.15, 0.2) is 0 Å². The maximum Gasteiger partial charge on any atom is 0.0102 e. The Bertz CT molecular complexity index is 406. The van der Waals surface area contributed by atoms with Crippen molar-refractivity contribution in [2.24, 2.45) is 5.92 Å². The average Bonchev–Trinajstić information content (AvgIpc) is 3.03. The van der Waals surface area contributed by atoms with Crippen LogP contribution in [0.15, 0.2) is 24.3 Å². The summed E-state index contributed by atoms with van der Waals surface area (Å²) in [6.07, 6.45) is 6.89. The second kappa shape index (κ2) is 5.05. The van der Waals surface area contributed by atoms with Crippen LogP contribution in [0.2, 0.25) is 0 Å². The van der Waals surface area contributed by atoms with Gasteiger partial charge in [0.05, 0.1) is 0 Å². The molecule has 1 nitrogen and oxygen atoms in total. The average molecular weight is 243 g/mol. The number of hydrogen-bond donors (Lipinski definition) is 1. The van der Waals surface area contributed by atoms with E-state index in [9.17, 15) is 0 Å². The van der Waals surface area contributed by atoms with Gasteiger partial charge in [-0.05, 0) is 55.6 Å². The van der Waals surface area contributed by atoms with Gasteiger partial charge in [-0.2, -0.15) is 0 Å². The highest BCUT2D eigenvalue weighted by molar-refractivity contribution is 5.31. The summed E-state index contributed by atoms with van der Waals surface area (Å²) in [4.78, 5) is 0. The second-order valence-electron chi connectivity index (χ2n) is 6.28. The summed E-state index contributed by atoms with van der Waals surface area (Å²) >= 11 is 0. The van der Waals surface area contributed by atoms with E-state index >= 15 is 0 Å². The lowest BCUT2D eigenvalue weighted by atomic mass is 9.74. The van der Waals surface area contributed by atoms with Gasteiger partial charge in [-0.15, -0.1) is 0 Å². The summed E-state index contributed by atoms with van der Waals surface area (Å²) < 4.78 is 0. The van der Waals surface area contributed by atoms with Crippen LogP contribution >= 0.6 is 0 Å². The quantitative estimate of drug-likeness (QED) is 0.823. The fourth-order valence-corrected chi connectivity index (χ4v) is 3.50. The molecule has 1 N–H and O–H groups in total. The van der Waals surface area contributed by atoms with Crippen molar-refractivity contribution >= 4 is 0 Å². The van der Waals surface area contributed by atoms with Crippen molar-refractivity contribution in [3.63, 3.8) is 0 Å². The van der Waals surface area contributed by atoms with Crippen molar-refractivity contribution in [2.75, 3.05) is 0 Å². The molecule has 98 valence electrons. The summed E-state index contributed by atoms with van der Waals surface area (Å²) in [5.74, 6) is 1.81. The topological polar surface area (TPSA) is 12.0 Å². The molecule has 2 fully saturated rings. The molecular weight excluding hydrogens is 218 g/mol. The van der Waals surface area contributed by atoms with Gasteiger partial charge in [-0.3, -0.25) is 0 Å². The van der Waals surface area contributed by atoms with E-state index in [4.69, 9.17) is 0 Å². The van der Waals surface area contributed by atoms with Crippen molar-refractivity contribution < 1.29 is 0 Å². The molecule has 18 heavy (non-hydrogen) atoms. The van der Waals surface area contributed by atoms with Gasteiger partial charge in [-0.1, -0.05) is 37.6 Å². The summed E-state index contributed by atoms with van der Waals surface area (Å²) in [6.45, 7) is 4.54. The standard InChI is InChI=1S/C17H25N/c1-3-6-13-11-17(13)18-15-9-14(10-15)16-8-5-4-7-12(16)2/h4-5,7-8,13-15,17-18H,3,6,9-11H2,1-2H3. The molecule has 0 bridgehead atoms. The van der Waals surface area contributed by atoms with Crippen LogP contribution in [-0.2, 0) is 0 Å². The van der Waals surface area contributed by atoms with Gasteiger partial charge in [-0.25, -0.2) is 0 Å². The van der Waals surface area contributed by atoms with Crippen LogP contribution < -0.4 is 5.32 Å². The largest absolute Gasteiger partial charge is 0.311 e. The first kappa shape index (κ1) is 12.2. The molecule has 2 saturated carbocycles. The first-order valence-corrected chi connectivity index (χ1v) is 7.59. The van der Waals surface area contributed by atoms with Gasteiger partial charge in [0.1, 0.15) is 0 Å². The first-order valence-electron chi connectivity index (χ1n) is 7.59. The normalized spacial score (nSPS) is 34.1. The monoisotopic (exact) mass is 243 g/mol. The van der Waals surface area contributed by atoms with Gasteiger partial charge >= 0.3 is 0 Å². The fourth-order valence-electron chi connectivity index (χ4n) is 3.50. The molecule has 0 spiro atoms.